The Labute approximate surface area is 163 Å². The van der Waals surface area contributed by atoms with Gasteiger partial charge in [-0.2, -0.15) is 0 Å². The normalized spacial score (nSPS) is 10.6. The smallest absolute Gasteiger partial charge is 0.257 e. The Morgan fingerprint density at radius 3 is 2.37 bits per heavy atom. The number of hydrogen-bond acceptors (Lipinski definition) is 5. The summed E-state index contributed by atoms with van der Waals surface area (Å²) >= 11 is 1.46. The van der Waals surface area contributed by atoms with Crippen LogP contribution < -0.4 is 14.8 Å². The predicted molar refractivity (Wildman–Crippen MR) is 109 cm³/mol. The van der Waals surface area contributed by atoms with E-state index in [-0.39, 0.29) is 5.91 Å². The van der Waals surface area contributed by atoms with Crippen molar-refractivity contribution in [2.75, 3.05) is 19.5 Å². The van der Waals surface area contributed by atoms with Crippen molar-refractivity contribution < 1.29 is 14.3 Å². The maximum absolute atomic E-state index is 12.6. The summed E-state index contributed by atoms with van der Waals surface area (Å²) in [5.41, 5.74) is 4.89. The monoisotopic (exact) mass is 382 g/mol. The Balaban J connectivity index is 1.84. The number of hydrogen-bond donors (Lipinski definition) is 1. The molecule has 0 spiro atoms. The van der Waals surface area contributed by atoms with E-state index in [0.717, 1.165) is 16.1 Å². The topological polar surface area (TPSA) is 60.5 Å². The molecule has 3 rings (SSSR count). The number of aryl methyl sites for hydroxylation is 3. The largest absolute Gasteiger partial charge is 0.493 e. The van der Waals surface area contributed by atoms with Gasteiger partial charge in [0, 0.05) is 16.0 Å². The predicted octanol–water partition coefficient (Wildman–Crippen LogP) is 5.00. The van der Waals surface area contributed by atoms with Crippen molar-refractivity contribution in [3.63, 3.8) is 0 Å². The second-order valence-electron chi connectivity index (χ2n) is 6.25. The summed E-state index contributed by atoms with van der Waals surface area (Å²) in [6.07, 6.45) is 0. The van der Waals surface area contributed by atoms with Crippen molar-refractivity contribution in [3.05, 3.63) is 58.0 Å². The van der Waals surface area contributed by atoms with Crippen LogP contribution in [0.1, 0.15) is 26.4 Å². The molecule has 1 amide bonds. The number of carbonyl (C=O) groups is 1. The molecule has 1 aromatic heterocycles. The Morgan fingerprint density at radius 2 is 1.70 bits per heavy atom. The van der Waals surface area contributed by atoms with Gasteiger partial charge in [0.25, 0.3) is 5.91 Å². The molecule has 0 aliphatic carbocycles. The highest BCUT2D eigenvalue weighted by molar-refractivity contribution is 7.16. The lowest BCUT2D eigenvalue weighted by Gasteiger charge is -2.09. The van der Waals surface area contributed by atoms with Crippen LogP contribution in [0.15, 0.2) is 36.4 Å². The quantitative estimate of drug-likeness (QED) is 0.674. The molecule has 0 fully saturated rings. The maximum atomic E-state index is 12.6. The lowest BCUT2D eigenvalue weighted by atomic mass is 10.0. The fraction of sp³-hybridized carbons (Fsp3) is 0.238. The highest BCUT2D eigenvalue weighted by atomic mass is 32.1. The zero-order chi connectivity index (χ0) is 19.6. The molecule has 3 aromatic rings. The van der Waals surface area contributed by atoms with Crippen LogP contribution in [0.3, 0.4) is 0 Å². The average Bonchev–Trinajstić information content (AvgIpc) is 3.03. The molecule has 1 N–H and O–H groups in total. The van der Waals surface area contributed by atoms with E-state index in [4.69, 9.17) is 9.47 Å². The molecule has 2 aromatic carbocycles. The van der Waals surface area contributed by atoms with Crippen LogP contribution in [0.4, 0.5) is 5.13 Å². The number of rotatable bonds is 5. The fourth-order valence-electron chi connectivity index (χ4n) is 2.75. The van der Waals surface area contributed by atoms with Gasteiger partial charge in [-0.25, -0.2) is 4.98 Å². The molecule has 0 saturated heterocycles. The summed E-state index contributed by atoms with van der Waals surface area (Å²) in [5.74, 6) is 0.851. The van der Waals surface area contributed by atoms with Gasteiger partial charge in [-0.15, -0.1) is 11.3 Å². The molecule has 0 bridgehead atoms. The van der Waals surface area contributed by atoms with Gasteiger partial charge in [0.1, 0.15) is 0 Å². The highest BCUT2D eigenvalue weighted by Crippen LogP contribution is 2.32. The van der Waals surface area contributed by atoms with Crippen LogP contribution >= 0.6 is 11.3 Å². The van der Waals surface area contributed by atoms with Gasteiger partial charge in [0.05, 0.1) is 19.9 Å². The molecule has 6 heteroatoms. The number of methoxy groups -OCH3 is 2. The number of carbonyl (C=O) groups excluding carboxylic acids is 1. The van der Waals surface area contributed by atoms with Crippen molar-refractivity contribution >= 4 is 22.4 Å². The SMILES string of the molecule is COc1ccc(C(=O)Nc2nc(-c3ccc(C)c(C)c3)c(C)s2)cc1OC. The van der Waals surface area contributed by atoms with E-state index in [0.29, 0.717) is 22.2 Å². The summed E-state index contributed by atoms with van der Waals surface area (Å²) in [7, 11) is 3.10. The molecule has 0 atom stereocenters. The van der Waals surface area contributed by atoms with E-state index in [2.05, 4.69) is 42.3 Å². The molecule has 5 nitrogen and oxygen atoms in total. The van der Waals surface area contributed by atoms with Gasteiger partial charge in [0.2, 0.25) is 0 Å². The van der Waals surface area contributed by atoms with Gasteiger partial charge in [-0.1, -0.05) is 12.1 Å². The minimum atomic E-state index is -0.240. The number of anilines is 1. The third-order valence-electron chi connectivity index (χ3n) is 4.44. The first-order chi connectivity index (χ1) is 12.9. The molecule has 0 aliphatic rings. The molecule has 140 valence electrons. The van der Waals surface area contributed by atoms with E-state index in [9.17, 15) is 4.79 Å². The van der Waals surface area contributed by atoms with E-state index < -0.39 is 0 Å². The van der Waals surface area contributed by atoms with Gasteiger partial charge >= 0.3 is 0 Å². The van der Waals surface area contributed by atoms with E-state index in [1.807, 2.05) is 6.92 Å². The molecule has 0 unspecified atom stereocenters. The third-order valence-corrected chi connectivity index (χ3v) is 5.33. The Kier molecular flexibility index (Phi) is 5.46. The molecule has 0 aliphatic heterocycles. The lowest BCUT2D eigenvalue weighted by Crippen LogP contribution is -2.12. The minimum Gasteiger partial charge on any atom is -0.493 e. The van der Waals surface area contributed by atoms with Crippen molar-refractivity contribution in [1.82, 2.24) is 4.98 Å². The molecular formula is C21H22N2O3S. The lowest BCUT2D eigenvalue weighted by molar-refractivity contribution is 0.102. The van der Waals surface area contributed by atoms with Crippen LogP contribution in [-0.2, 0) is 0 Å². The third kappa shape index (κ3) is 3.95. The number of benzene rings is 2. The number of amides is 1. The second kappa shape index (κ2) is 7.80. The first-order valence-corrected chi connectivity index (χ1v) is 9.33. The van der Waals surface area contributed by atoms with E-state index in [1.165, 1.54) is 22.5 Å². The number of ether oxygens (including phenoxy) is 2. The second-order valence-corrected chi connectivity index (χ2v) is 7.45. The van der Waals surface area contributed by atoms with E-state index >= 15 is 0 Å². The van der Waals surface area contributed by atoms with Gasteiger partial charge < -0.3 is 9.47 Å². The molecule has 0 saturated carbocycles. The summed E-state index contributed by atoms with van der Waals surface area (Å²) in [6.45, 7) is 6.18. The van der Waals surface area contributed by atoms with Crippen molar-refractivity contribution in [2.24, 2.45) is 0 Å². The number of thiazole rings is 1. The Bertz CT molecular complexity index is 995. The fourth-order valence-corrected chi connectivity index (χ4v) is 3.58. The Hall–Kier alpha value is -2.86. The van der Waals surface area contributed by atoms with Crippen LogP contribution in [-0.4, -0.2) is 25.1 Å². The molecule has 0 radical (unpaired) electrons. The molecule has 1 heterocycles. The summed E-state index contributed by atoms with van der Waals surface area (Å²) < 4.78 is 10.5. The Morgan fingerprint density at radius 1 is 0.963 bits per heavy atom. The van der Waals surface area contributed by atoms with Crippen molar-refractivity contribution in [2.45, 2.75) is 20.8 Å². The summed E-state index contributed by atoms with van der Waals surface area (Å²) in [5, 5.41) is 3.45. The van der Waals surface area contributed by atoms with Gasteiger partial charge in [-0.05, 0) is 56.2 Å². The van der Waals surface area contributed by atoms with E-state index in [1.54, 1.807) is 32.4 Å². The van der Waals surface area contributed by atoms with Crippen LogP contribution in [0.25, 0.3) is 11.3 Å². The minimum absolute atomic E-state index is 0.240. The van der Waals surface area contributed by atoms with Gasteiger partial charge in [-0.3, -0.25) is 10.1 Å². The first kappa shape index (κ1) is 18.9. The maximum Gasteiger partial charge on any atom is 0.257 e. The van der Waals surface area contributed by atoms with Crippen LogP contribution in [0.2, 0.25) is 0 Å². The molecular weight excluding hydrogens is 360 g/mol. The number of nitrogens with zero attached hydrogens (tertiary/aromatic N) is 1. The van der Waals surface area contributed by atoms with Crippen molar-refractivity contribution in [1.29, 1.82) is 0 Å². The summed E-state index contributed by atoms with van der Waals surface area (Å²) in [4.78, 5) is 18.3. The average molecular weight is 382 g/mol. The number of nitrogens with one attached hydrogen (secondary N) is 1. The first-order valence-electron chi connectivity index (χ1n) is 8.51. The van der Waals surface area contributed by atoms with Gasteiger partial charge in [0.15, 0.2) is 16.6 Å². The van der Waals surface area contributed by atoms with Crippen LogP contribution in [0, 0.1) is 20.8 Å². The zero-order valence-corrected chi connectivity index (χ0v) is 16.9. The zero-order valence-electron chi connectivity index (χ0n) is 16.0. The summed E-state index contributed by atoms with van der Waals surface area (Å²) in [6, 6.07) is 11.3. The van der Waals surface area contributed by atoms with Crippen LogP contribution in [0.5, 0.6) is 11.5 Å². The molecule has 27 heavy (non-hydrogen) atoms. The highest BCUT2D eigenvalue weighted by Gasteiger charge is 2.15. The number of aromatic nitrogens is 1. The standard InChI is InChI=1S/C21H22N2O3S/c1-12-6-7-15(10-13(12)2)19-14(3)27-21(22-19)23-20(24)16-8-9-17(25-4)18(11-16)26-5/h6-11H,1-5H3,(H,22,23,24). The van der Waals surface area contributed by atoms with Crippen molar-refractivity contribution in [3.8, 4) is 22.8 Å².